The standard InChI is InChI=1S/C37H49ClN8O3/c1-3-27-23-26(24-31(38)34(27)39)25-33(35(47)44-16-10-29(11-17-44)43-15-6-14-42(2)21-22-43)41-36(48)45-18-12-30(13-19-45)46-20-9-28-7-4-5-8-32(28)40-37(46)49/h1,4-5,7-8,23-24,29-30,33H,6,9-22,25,39H2,2H3,(H,40,49)(H,41,48)/t33-/m1/s1. The minimum atomic E-state index is -0.797. The third-order valence-corrected chi connectivity index (χ3v) is 11.1. The number of carbonyl (C=O) groups excluding carboxylic acids is 3. The van der Waals surface area contributed by atoms with Gasteiger partial charge in [0, 0.05) is 75.6 Å². The maximum Gasteiger partial charge on any atom is 0.322 e. The second-order valence-corrected chi connectivity index (χ2v) is 14.3. The number of nitrogens with zero attached hydrogens (tertiary/aromatic N) is 5. The molecule has 49 heavy (non-hydrogen) atoms. The lowest BCUT2D eigenvalue weighted by atomic mass is 9.98. The topological polar surface area (TPSA) is 117 Å². The summed E-state index contributed by atoms with van der Waals surface area (Å²) in [6.45, 7) is 7.21. The summed E-state index contributed by atoms with van der Waals surface area (Å²) >= 11 is 6.42. The predicted molar refractivity (Wildman–Crippen MR) is 194 cm³/mol. The van der Waals surface area contributed by atoms with Crippen LogP contribution in [0.3, 0.4) is 0 Å². The van der Waals surface area contributed by atoms with E-state index >= 15 is 0 Å². The SMILES string of the molecule is C#Cc1cc(C[C@@H](NC(=O)N2CCC(N3CCc4ccccc4NC3=O)CC2)C(=O)N2CCC(N3CCCN(C)CC3)CC2)cc(Cl)c1N. The first-order valence-corrected chi connectivity index (χ1v) is 18.0. The van der Waals surface area contributed by atoms with E-state index in [1.54, 1.807) is 17.0 Å². The summed E-state index contributed by atoms with van der Waals surface area (Å²) < 4.78 is 0. The molecule has 0 spiro atoms. The lowest BCUT2D eigenvalue weighted by Crippen LogP contribution is -2.57. The van der Waals surface area contributed by atoms with Crippen molar-refractivity contribution < 1.29 is 14.4 Å². The van der Waals surface area contributed by atoms with Gasteiger partial charge >= 0.3 is 12.1 Å². The number of halogens is 1. The Morgan fingerprint density at radius 2 is 1.69 bits per heavy atom. The molecule has 2 aromatic rings. The molecule has 2 aromatic carbocycles. The molecule has 4 N–H and O–H groups in total. The van der Waals surface area contributed by atoms with E-state index in [9.17, 15) is 14.4 Å². The second-order valence-electron chi connectivity index (χ2n) is 13.9. The second kappa shape index (κ2) is 15.7. The third kappa shape index (κ3) is 8.26. The van der Waals surface area contributed by atoms with Crippen molar-refractivity contribution in [2.24, 2.45) is 0 Å². The Morgan fingerprint density at radius 1 is 0.980 bits per heavy atom. The molecule has 3 saturated heterocycles. The summed E-state index contributed by atoms with van der Waals surface area (Å²) in [4.78, 5) is 51.6. The first-order chi connectivity index (χ1) is 23.7. The summed E-state index contributed by atoms with van der Waals surface area (Å²) in [5, 5.41) is 6.46. The lowest BCUT2D eigenvalue weighted by molar-refractivity contribution is -0.134. The summed E-state index contributed by atoms with van der Waals surface area (Å²) in [5.41, 5.74) is 9.60. The maximum atomic E-state index is 14.2. The molecule has 11 nitrogen and oxygen atoms in total. The van der Waals surface area contributed by atoms with Crippen molar-refractivity contribution in [1.82, 2.24) is 29.8 Å². The number of anilines is 2. The molecule has 4 aliphatic heterocycles. The number of hydrogen-bond donors (Lipinski definition) is 3. The number of likely N-dealkylation sites (tertiary alicyclic amines) is 2. The number of nitrogens with one attached hydrogen (secondary N) is 2. The molecule has 4 aliphatic rings. The van der Waals surface area contributed by atoms with Crippen molar-refractivity contribution >= 4 is 40.9 Å². The van der Waals surface area contributed by atoms with Gasteiger partial charge in [0.2, 0.25) is 5.91 Å². The van der Waals surface area contributed by atoms with Gasteiger partial charge in [-0.3, -0.25) is 9.69 Å². The van der Waals surface area contributed by atoms with Crippen LogP contribution in [-0.4, -0.2) is 127 Å². The molecule has 3 fully saturated rings. The van der Waals surface area contributed by atoms with Crippen molar-refractivity contribution in [2.45, 2.75) is 63.1 Å². The molecule has 1 atom stereocenters. The number of piperidine rings is 2. The van der Waals surface area contributed by atoms with Crippen LogP contribution < -0.4 is 16.4 Å². The fraction of sp³-hybridized carbons (Fsp3) is 0.541. The first kappa shape index (κ1) is 34.9. The van der Waals surface area contributed by atoms with Gasteiger partial charge in [-0.2, -0.15) is 0 Å². The Morgan fingerprint density at radius 3 is 2.45 bits per heavy atom. The number of urea groups is 2. The highest BCUT2D eigenvalue weighted by molar-refractivity contribution is 6.33. The van der Waals surface area contributed by atoms with Crippen LogP contribution in [-0.2, 0) is 17.6 Å². The van der Waals surface area contributed by atoms with Crippen molar-refractivity contribution in [1.29, 1.82) is 0 Å². The zero-order chi connectivity index (χ0) is 34.5. The number of terminal acetylenes is 1. The number of nitrogens with two attached hydrogens (primary N) is 1. The van der Waals surface area contributed by atoms with E-state index in [0.29, 0.717) is 67.9 Å². The number of amides is 5. The predicted octanol–water partition coefficient (Wildman–Crippen LogP) is 3.71. The number of rotatable bonds is 6. The van der Waals surface area contributed by atoms with Crippen molar-refractivity contribution in [2.75, 3.05) is 77.0 Å². The van der Waals surface area contributed by atoms with Crippen molar-refractivity contribution in [3.05, 3.63) is 58.1 Å². The molecule has 0 saturated carbocycles. The quantitative estimate of drug-likeness (QED) is 0.315. The zero-order valence-electron chi connectivity index (χ0n) is 28.5. The summed E-state index contributed by atoms with van der Waals surface area (Å²) in [5.74, 6) is 2.48. The van der Waals surface area contributed by atoms with Crippen molar-refractivity contribution in [3.8, 4) is 12.3 Å². The van der Waals surface area contributed by atoms with Gasteiger partial charge in [-0.15, -0.1) is 6.42 Å². The van der Waals surface area contributed by atoms with Gasteiger partial charge in [-0.05, 0) is 88.0 Å². The Kier molecular flexibility index (Phi) is 11.2. The molecule has 12 heteroatoms. The minimum Gasteiger partial charge on any atom is -0.397 e. The summed E-state index contributed by atoms with van der Waals surface area (Å²) in [6.07, 6.45) is 11.0. The van der Waals surface area contributed by atoms with Gasteiger partial charge in [-0.1, -0.05) is 35.7 Å². The molecular weight excluding hydrogens is 640 g/mol. The van der Waals surface area contributed by atoms with E-state index in [-0.39, 0.29) is 30.4 Å². The van der Waals surface area contributed by atoms with E-state index in [0.717, 1.165) is 68.7 Å². The van der Waals surface area contributed by atoms with Crippen LogP contribution in [0.25, 0.3) is 0 Å². The maximum absolute atomic E-state index is 14.2. The largest absolute Gasteiger partial charge is 0.397 e. The fourth-order valence-electron chi connectivity index (χ4n) is 7.81. The van der Waals surface area contributed by atoms with Gasteiger partial charge in [0.25, 0.3) is 0 Å². The molecule has 5 amide bonds. The molecule has 0 aromatic heterocycles. The molecule has 4 heterocycles. The lowest BCUT2D eigenvalue weighted by Gasteiger charge is -2.40. The van der Waals surface area contributed by atoms with Gasteiger partial charge in [0.15, 0.2) is 0 Å². The average Bonchev–Trinajstić information content (AvgIpc) is 3.44. The van der Waals surface area contributed by atoms with Gasteiger partial charge < -0.3 is 36.0 Å². The highest BCUT2D eigenvalue weighted by Crippen LogP contribution is 2.27. The Labute approximate surface area is 295 Å². The van der Waals surface area contributed by atoms with Gasteiger partial charge in [0.1, 0.15) is 6.04 Å². The smallest absolute Gasteiger partial charge is 0.322 e. The van der Waals surface area contributed by atoms with Gasteiger partial charge in [0.05, 0.1) is 10.7 Å². The molecule has 262 valence electrons. The molecule has 0 bridgehead atoms. The summed E-state index contributed by atoms with van der Waals surface area (Å²) in [6, 6.07) is 10.7. The number of likely N-dealkylation sites (N-methyl/N-ethyl adjacent to an activating group) is 1. The number of para-hydroxylation sites is 1. The fourth-order valence-corrected chi connectivity index (χ4v) is 8.05. The summed E-state index contributed by atoms with van der Waals surface area (Å²) in [7, 11) is 2.18. The number of nitrogen functional groups attached to an aromatic ring is 1. The normalized spacial score (nSPS) is 20.8. The van der Waals surface area contributed by atoms with Gasteiger partial charge in [-0.25, -0.2) is 9.59 Å². The van der Waals surface area contributed by atoms with Crippen LogP contribution in [0.1, 0.15) is 48.8 Å². The number of benzene rings is 2. The van der Waals surface area contributed by atoms with E-state index in [2.05, 4.69) is 33.4 Å². The third-order valence-electron chi connectivity index (χ3n) is 10.8. The minimum absolute atomic E-state index is 0.0285. The number of hydrogen-bond acceptors (Lipinski definition) is 6. The Bertz CT molecular complexity index is 1560. The van der Waals surface area contributed by atoms with E-state index in [1.807, 2.05) is 34.1 Å². The van der Waals surface area contributed by atoms with Crippen LogP contribution in [0.5, 0.6) is 0 Å². The van der Waals surface area contributed by atoms with Crippen molar-refractivity contribution in [3.63, 3.8) is 0 Å². The molecule has 0 radical (unpaired) electrons. The van der Waals surface area contributed by atoms with E-state index < -0.39 is 6.04 Å². The monoisotopic (exact) mass is 688 g/mol. The highest BCUT2D eigenvalue weighted by atomic mass is 35.5. The average molecular weight is 689 g/mol. The number of carbonyl (C=O) groups is 3. The van der Waals surface area contributed by atoms with E-state index in [1.165, 1.54) is 0 Å². The molecule has 6 rings (SSSR count). The molecule has 0 unspecified atom stereocenters. The molecule has 0 aliphatic carbocycles. The highest BCUT2D eigenvalue weighted by Gasteiger charge is 2.35. The Balaban J connectivity index is 1.10. The van der Waals surface area contributed by atoms with Crippen LogP contribution in [0, 0.1) is 12.3 Å². The first-order valence-electron chi connectivity index (χ1n) is 17.7. The van der Waals surface area contributed by atoms with Crippen LogP contribution in [0.15, 0.2) is 36.4 Å². The Hall–Kier alpha value is -3.98. The number of fused-ring (bicyclic) bond motifs is 1. The van der Waals surface area contributed by atoms with Crippen LogP contribution in [0.2, 0.25) is 5.02 Å². The molecular formula is C37H49ClN8O3. The zero-order valence-corrected chi connectivity index (χ0v) is 29.3. The van der Waals surface area contributed by atoms with Crippen LogP contribution in [0.4, 0.5) is 21.0 Å². The van der Waals surface area contributed by atoms with E-state index in [4.69, 9.17) is 23.8 Å². The van der Waals surface area contributed by atoms with Crippen LogP contribution >= 0.6 is 11.6 Å².